The normalized spacial score (nSPS) is 12.6. The molecule has 174 valence electrons. The molecule has 0 fully saturated rings. The van der Waals surface area contributed by atoms with Gasteiger partial charge in [-0.25, -0.2) is 21.6 Å². The molecule has 0 saturated heterocycles. The Kier molecular flexibility index (Phi) is 8.71. The van der Waals surface area contributed by atoms with Gasteiger partial charge in [-0.1, -0.05) is 13.3 Å². The third kappa shape index (κ3) is 7.60. The molecule has 0 spiro atoms. The zero-order valence-corrected chi connectivity index (χ0v) is 18.7. The largest absolute Gasteiger partial charge is 0.493 e. The van der Waals surface area contributed by atoms with Crippen LogP contribution in [0.5, 0.6) is 5.75 Å². The molecule has 1 amide bonds. The van der Waals surface area contributed by atoms with Gasteiger partial charge in [-0.15, -0.1) is 0 Å². The number of amides is 1. The summed E-state index contributed by atoms with van der Waals surface area (Å²) >= 11 is 0. The summed E-state index contributed by atoms with van der Waals surface area (Å²) in [5, 5.41) is 2.56. The lowest BCUT2D eigenvalue weighted by Crippen LogP contribution is -2.25. The van der Waals surface area contributed by atoms with Gasteiger partial charge >= 0.3 is 0 Å². The number of hydrogen-bond donors (Lipinski definition) is 2. The molecule has 32 heavy (non-hydrogen) atoms. The van der Waals surface area contributed by atoms with Crippen molar-refractivity contribution in [2.45, 2.75) is 32.7 Å². The minimum absolute atomic E-state index is 0.103. The second kappa shape index (κ2) is 11.0. The van der Waals surface area contributed by atoms with Crippen LogP contribution < -0.4 is 14.8 Å². The second-order valence-electron chi connectivity index (χ2n) is 7.18. The summed E-state index contributed by atoms with van der Waals surface area (Å²) in [4.78, 5) is 12.3. The van der Waals surface area contributed by atoms with E-state index in [1.165, 1.54) is 37.3 Å². The van der Waals surface area contributed by atoms with Crippen molar-refractivity contribution in [2.75, 3.05) is 17.6 Å². The molecule has 10 heteroatoms. The first-order chi connectivity index (χ1) is 15.0. The van der Waals surface area contributed by atoms with E-state index in [2.05, 4.69) is 5.32 Å². The Bertz CT molecular complexity index is 1080. The van der Waals surface area contributed by atoms with Gasteiger partial charge < -0.3 is 10.1 Å². The van der Waals surface area contributed by atoms with Crippen LogP contribution in [0, 0.1) is 17.5 Å². The van der Waals surface area contributed by atoms with E-state index in [4.69, 9.17) is 4.74 Å². The van der Waals surface area contributed by atoms with Crippen LogP contribution in [0.3, 0.4) is 0 Å². The Morgan fingerprint density at radius 1 is 1.16 bits per heavy atom. The van der Waals surface area contributed by atoms with Gasteiger partial charge in [0.15, 0.2) is 11.6 Å². The lowest BCUT2D eigenvalue weighted by Gasteiger charge is -2.15. The molecule has 2 aromatic rings. The minimum atomic E-state index is -3.86. The van der Waals surface area contributed by atoms with Gasteiger partial charge in [0.25, 0.3) is 0 Å². The van der Waals surface area contributed by atoms with Crippen LogP contribution >= 0.6 is 0 Å². The van der Waals surface area contributed by atoms with E-state index in [9.17, 15) is 26.4 Å². The molecule has 0 unspecified atom stereocenters. The summed E-state index contributed by atoms with van der Waals surface area (Å²) in [5.41, 5.74) is -0.189. The smallest absolute Gasteiger partial charge is 0.244 e. The third-order valence-electron chi connectivity index (χ3n) is 4.36. The molecule has 0 aliphatic rings. The van der Waals surface area contributed by atoms with Gasteiger partial charge in [-0.2, -0.15) is 0 Å². The van der Waals surface area contributed by atoms with E-state index in [1.54, 1.807) is 4.72 Å². The van der Waals surface area contributed by atoms with Crippen LogP contribution in [0.15, 0.2) is 36.4 Å². The van der Waals surface area contributed by atoms with E-state index in [-0.39, 0.29) is 5.56 Å². The highest BCUT2D eigenvalue weighted by atomic mass is 32.2. The third-order valence-corrected chi connectivity index (χ3v) is 4.93. The highest BCUT2D eigenvalue weighted by Gasteiger charge is 2.18. The van der Waals surface area contributed by atoms with Crippen molar-refractivity contribution in [3.63, 3.8) is 0 Å². The zero-order chi connectivity index (χ0) is 23.9. The molecule has 0 bridgehead atoms. The maximum Gasteiger partial charge on any atom is 0.244 e. The van der Waals surface area contributed by atoms with Crippen molar-refractivity contribution in [2.24, 2.45) is 0 Å². The first-order valence-corrected chi connectivity index (χ1v) is 11.8. The van der Waals surface area contributed by atoms with Crippen LogP contribution in [0.25, 0.3) is 6.08 Å². The van der Waals surface area contributed by atoms with Gasteiger partial charge in [0.1, 0.15) is 17.3 Å². The Hall–Kier alpha value is -3.01. The number of carbonyl (C=O) groups is 1. The fraction of sp³-hybridized carbons (Fsp3) is 0.318. The summed E-state index contributed by atoms with van der Waals surface area (Å²) in [6.07, 6.45) is 5.12. The number of carbonyl (C=O) groups excluding carboxylic acids is 1. The van der Waals surface area contributed by atoms with E-state index in [0.717, 1.165) is 31.2 Å². The first kappa shape index (κ1) is 25.3. The van der Waals surface area contributed by atoms with Gasteiger partial charge in [0.05, 0.1) is 18.9 Å². The summed E-state index contributed by atoms with van der Waals surface area (Å²) in [6, 6.07) is 5.03. The molecule has 0 radical (unpaired) electrons. The molecule has 0 aromatic heterocycles. The fourth-order valence-electron chi connectivity index (χ4n) is 2.73. The average molecular weight is 471 g/mol. The predicted octanol–water partition coefficient (Wildman–Crippen LogP) is 4.54. The average Bonchev–Trinajstić information content (AvgIpc) is 2.69. The number of halogens is 3. The predicted molar refractivity (Wildman–Crippen MR) is 117 cm³/mol. The molecule has 2 rings (SSSR count). The van der Waals surface area contributed by atoms with E-state index in [1.807, 2.05) is 6.92 Å². The summed E-state index contributed by atoms with van der Waals surface area (Å²) < 4.78 is 71.7. The Labute approximate surface area is 185 Å². The summed E-state index contributed by atoms with van der Waals surface area (Å²) in [5.74, 6) is -2.94. The topological polar surface area (TPSA) is 84.5 Å². The van der Waals surface area contributed by atoms with Crippen molar-refractivity contribution in [3.05, 3.63) is 65.0 Å². The standard InChI is InChI=1S/C22H25F3N2O4S/c1-4-5-10-31-20-13-17(23)8-6-15(20)7-9-21(28)26-14(2)16-11-18(24)22(19(25)12-16)27-32(3,29)30/h6-9,11-14,27H,4-5,10H2,1-3H3,(H,26,28)/t14-/m1/s1. The van der Waals surface area contributed by atoms with Crippen LogP contribution in [-0.2, 0) is 14.8 Å². The van der Waals surface area contributed by atoms with E-state index in [0.29, 0.717) is 17.9 Å². The van der Waals surface area contributed by atoms with Crippen molar-refractivity contribution in [1.29, 1.82) is 0 Å². The van der Waals surface area contributed by atoms with E-state index >= 15 is 0 Å². The van der Waals surface area contributed by atoms with Crippen molar-refractivity contribution in [3.8, 4) is 5.75 Å². The van der Waals surface area contributed by atoms with Crippen LogP contribution in [0.2, 0.25) is 0 Å². The summed E-state index contributed by atoms with van der Waals surface area (Å²) in [6.45, 7) is 3.92. The molecule has 1 atom stereocenters. The quantitative estimate of drug-likeness (QED) is 0.394. The van der Waals surface area contributed by atoms with Gasteiger partial charge in [0.2, 0.25) is 15.9 Å². The number of sulfonamides is 1. The maximum atomic E-state index is 14.2. The number of unbranched alkanes of at least 4 members (excludes halogenated alkanes) is 1. The van der Waals surface area contributed by atoms with Crippen molar-refractivity contribution >= 4 is 27.7 Å². The van der Waals surface area contributed by atoms with Gasteiger partial charge in [-0.3, -0.25) is 9.52 Å². The first-order valence-electron chi connectivity index (χ1n) is 9.87. The lowest BCUT2D eigenvalue weighted by atomic mass is 10.1. The number of ether oxygens (including phenoxy) is 1. The SMILES string of the molecule is CCCCOc1cc(F)ccc1C=CC(=O)N[C@H](C)c1cc(F)c(NS(C)(=O)=O)c(F)c1. The molecule has 0 heterocycles. The molecular weight excluding hydrogens is 445 g/mol. The monoisotopic (exact) mass is 470 g/mol. The number of rotatable bonds is 10. The molecular formula is C22H25F3N2O4S. The highest BCUT2D eigenvalue weighted by molar-refractivity contribution is 7.92. The molecule has 0 aliphatic carbocycles. The molecule has 0 aliphatic heterocycles. The molecule has 2 N–H and O–H groups in total. The fourth-order valence-corrected chi connectivity index (χ4v) is 3.30. The Morgan fingerprint density at radius 3 is 2.41 bits per heavy atom. The molecule has 2 aromatic carbocycles. The minimum Gasteiger partial charge on any atom is -0.493 e. The van der Waals surface area contributed by atoms with Crippen molar-refractivity contribution < 1.29 is 31.1 Å². The number of anilines is 1. The number of hydrogen-bond acceptors (Lipinski definition) is 4. The van der Waals surface area contributed by atoms with E-state index < -0.39 is 45.1 Å². The number of benzene rings is 2. The maximum absolute atomic E-state index is 14.2. The lowest BCUT2D eigenvalue weighted by molar-refractivity contribution is -0.117. The van der Waals surface area contributed by atoms with Gasteiger partial charge in [0, 0.05) is 17.7 Å². The highest BCUT2D eigenvalue weighted by Crippen LogP contribution is 2.25. The molecule has 6 nitrogen and oxygen atoms in total. The second-order valence-corrected chi connectivity index (χ2v) is 8.93. The Morgan fingerprint density at radius 2 is 1.81 bits per heavy atom. The Balaban J connectivity index is 2.11. The van der Waals surface area contributed by atoms with Crippen LogP contribution in [0.1, 0.15) is 43.9 Å². The van der Waals surface area contributed by atoms with Gasteiger partial charge in [-0.05, 0) is 49.2 Å². The number of nitrogens with one attached hydrogen (secondary N) is 2. The van der Waals surface area contributed by atoms with Crippen molar-refractivity contribution in [1.82, 2.24) is 5.32 Å². The molecule has 0 saturated carbocycles. The zero-order valence-electron chi connectivity index (χ0n) is 17.9. The summed E-state index contributed by atoms with van der Waals surface area (Å²) in [7, 11) is -3.86. The van der Waals surface area contributed by atoms with Crippen LogP contribution in [-0.4, -0.2) is 27.2 Å². The van der Waals surface area contributed by atoms with Crippen LogP contribution in [0.4, 0.5) is 18.9 Å².